The van der Waals surface area contributed by atoms with Gasteiger partial charge in [0, 0.05) is 13.1 Å². The summed E-state index contributed by atoms with van der Waals surface area (Å²) in [5.41, 5.74) is 1.15. The van der Waals surface area contributed by atoms with E-state index >= 15 is 0 Å². The SMILES string of the molecule is CC(C)C1CCN(CC(O)COCc2ccccc2)C1. The second kappa shape index (κ2) is 7.77. The molecule has 1 aromatic rings. The molecule has 1 heterocycles. The first-order valence-corrected chi connectivity index (χ1v) is 7.67. The summed E-state index contributed by atoms with van der Waals surface area (Å²) in [6, 6.07) is 10.1. The van der Waals surface area contributed by atoms with Crippen LogP contribution in [0.15, 0.2) is 30.3 Å². The number of aliphatic hydroxyl groups excluding tert-OH is 1. The Balaban J connectivity index is 1.62. The van der Waals surface area contributed by atoms with E-state index in [-0.39, 0.29) is 6.10 Å². The van der Waals surface area contributed by atoms with Crippen LogP contribution in [-0.2, 0) is 11.3 Å². The van der Waals surface area contributed by atoms with Gasteiger partial charge in [-0.2, -0.15) is 0 Å². The molecule has 0 aromatic heterocycles. The van der Waals surface area contributed by atoms with E-state index in [9.17, 15) is 5.11 Å². The fourth-order valence-corrected chi connectivity index (χ4v) is 2.81. The first kappa shape index (κ1) is 15.5. The molecular weight excluding hydrogens is 250 g/mol. The number of ether oxygens (including phenoxy) is 1. The lowest BCUT2D eigenvalue weighted by molar-refractivity contribution is 0.0126. The van der Waals surface area contributed by atoms with Gasteiger partial charge in [0.25, 0.3) is 0 Å². The summed E-state index contributed by atoms with van der Waals surface area (Å²) in [7, 11) is 0. The second-order valence-corrected chi connectivity index (χ2v) is 6.21. The van der Waals surface area contributed by atoms with Crippen molar-refractivity contribution in [3.63, 3.8) is 0 Å². The van der Waals surface area contributed by atoms with E-state index in [1.54, 1.807) is 0 Å². The molecule has 3 nitrogen and oxygen atoms in total. The fraction of sp³-hybridized carbons (Fsp3) is 0.647. The third-order valence-corrected chi connectivity index (χ3v) is 4.14. The van der Waals surface area contributed by atoms with Crippen molar-refractivity contribution in [2.24, 2.45) is 11.8 Å². The molecule has 0 amide bonds. The maximum Gasteiger partial charge on any atom is 0.0900 e. The summed E-state index contributed by atoms with van der Waals surface area (Å²) in [4.78, 5) is 2.36. The molecule has 1 N–H and O–H groups in total. The van der Waals surface area contributed by atoms with Gasteiger partial charge in [-0.25, -0.2) is 0 Å². The highest BCUT2D eigenvalue weighted by molar-refractivity contribution is 5.13. The van der Waals surface area contributed by atoms with Gasteiger partial charge in [0.05, 0.1) is 19.3 Å². The molecule has 1 aromatic carbocycles. The Labute approximate surface area is 122 Å². The Bertz CT molecular complexity index is 380. The first-order chi connectivity index (χ1) is 9.65. The van der Waals surface area contributed by atoms with Gasteiger partial charge in [0.15, 0.2) is 0 Å². The van der Waals surface area contributed by atoms with Crippen molar-refractivity contribution in [1.82, 2.24) is 4.90 Å². The Morgan fingerprint density at radius 2 is 2.05 bits per heavy atom. The number of benzene rings is 1. The van der Waals surface area contributed by atoms with E-state index < -0.39 is 0 Å². The Morgan fingerprint density at radius 1 is 1.30 bits per heavy atom. The van der Waals surface area contributed by atoms with E-state index in [4.69, 9.17) is 4.74 Å². The number of aliphatic hydroxyl groups is 1. The van der Waals surface area contributed by atoms with Crippen molar-refractivity contribution in [1.29, 1.82) is 0 Å². The highest BCUT2D eigenvalue weighted by atomic mass is 16.5. The summed E-state index contributed by atoms with van der Waals surface area (Å²) >= 11 is 0. The third kappa shape index (κ3) is 4.89. The molecular formula is C17H27NO2. The van der Waals surface area contributed by atoms with Crippen LogP contribution in [0.2, 0.25) is 0 Å². The fourth-order valence-electron chi connectivity index (χ4n) is 2.81. The summed E-state index contributed by atoms with van der Waals surface area (Å²) in [6.45, 7) is 8.52. The van der Waals surface area contributed by atoms with E-state index in [1.807, 2.05) is 30.3 Å². The van der Waals surface area contributed by atoms with Crippen molar-refractivity contribution in [2.45, 2.75) is 33.0 Å². The molecule has 1 aliphatic rings. The highest BCUT2D eigenvalue weighted by Gasteiger charge is 2.25. The number of rotatable bonds is 7. The average Bonchev–Trinajstić information content (AvgIpc) is 2.88. The molecule has 112 valence electrons. The minimum absolute atomic E-state index is 0.385. The van der Waals surface area contributed by atoms with E-state index in [2.05, 4.69) is 18.7 Å². The molecule has 1 saturated heterocycles. The van der Waals surface area contributed by atoms with Gasteiger partial charge < -0.3 is 14.7 Å². The molecule has 2 unspecified atom stereocenters. The van der Waals surface area contributed by atoms with E-state index in [0.29, 0.717) is 13.2 Å². The Hall–Kier alpha value is -0.900. The summed E-state index contributed by atoms with van der Waals surface area (Å²) in [5, 5.41) is 10.0. The zero-order chi connectivity index (χ0) is 14.4. The highest BCUT2D eigenvalue weighted by Crippen LogP contribution is 2.23. The molecule has 0 bridgehead atoms. The molecule has 2 atom stereocenters. The number of β-amino-alcohol motifs (C(OH)–C–C–N with tert-alkyl or cyclic N) is 1. The Morgan fingerprint density at radius 3 is 2.70 bits per heavy atom. The van der Waals surface area contributed by atoms with Gasteiger partial charge in [0.1, 0.15) is 0 Å². The van der Waals surface area contributed by atoms with Crippen LogP contribution in [0.3, 0.4) is 0 Å². The minimum atomic E-state index is -0.385. The quantitative estimate of drug-likeness (QED) is 0.831. The van der Waals surface area contributed by atoms with E-state index in [0.717, 1.165) is 37.0 Å². The van der Waals surface area contributed by atoms with Crippen molar-refractivity contribution < 1.29 is 9.84 Å². The lowest BCUT2D eigenvalue weighted by Gasteiger charge is -2.21. The van der Waals surface area contributed by atoms with Crippen molar-refractivity contribution in [3.05, 3.63) is 35.9 Å². The maximum absolute atomic E-state index is 10.0. The van der Waals surface area contributed by atoms with Gasteiger partial charge in [-0.15, -0.1) is 0 Å². The van der Waals surface area contributed by atoms with Crippen LogP contribution in [0.4, 0.5) is 0 Å². The van der Waals surface area contributed by atoms with Gasteiger partial charge in [0.2, 0.25) is 0 Å². The minimum Gasteiger partial charge on any atom is -0.389 e. The van der Waals surface area contributed by atoms with Crippen molar-refractivity contribution in [3.8, 4) is 0 Å². The van der Waals surface area contributed by atoms with Gasteiger partial charge >= 0.3 is 0 Å². The number of hydrogen-bond acceptors (Lipinski definition) is 3. The monoisotopic (exact) mass is 277 g/mol. The van der Waals surface area contributed by atoms with Crippen LogP contribution in [0.25, 0.3) is 0 Å². The molecule has 0 radical (unpaired) electrons. The third-order valence-electron chi connectivity index (χ3n) is 4.14. The summed E-state index contributed by atoms with van der Waals surface area (Å²) in [5.74, 6) is 1.53. The molecule has 0 aliphatic carbocycles. The maximum atomic E-state index is 10.0. The average molecular weight is 277 g/mol. The number of hydrogen-bond donors (Lipinski definition) is 1. The predicted octanol–water partition coefficient (Wildman–Crippen LogP) is 2.54. The normalized spacial score (nSPS) is 21.5. The largest absolute Gasteiger partial charge is 0.389 e. The van der Waals surface area contributed by atoms with Crippen molar-refractivity contribution in [2.75, 3.05) is 26.2 Å². The standard InChI is InChI=1S/C17H27NO2/c1-14(2)16-8-9-18(10-16)11-17(19)13-20-12-15-6-4-3-5-7-15/h3-7,14,16-17,19H,8-13H2,1-2H3. The first-order valence-electron chi connectivity index (χ1n) is 7.67. The van der Waals surface area contributed by atoms with Crippen LogP contribution in [-0.4, -0.2) is 42.4 Å². The van der Waals surface area contributed by atoms with Crippen molar-refractivity contribution >= 4 is 0 Å². The molecule has 20 heavy (non-hydrogen) atoms. The lowest BCUT2D eigenvalue weighted by Crippen LogP contribution is -2.33. The van der Waals surface area contributed by atoms with Crippen LogP contribution < -0.4 is 0 Å². The predicted molar refractivity (Wildman–Crippen MR) is 81.5 cm³/mol. The lowest BCUT2D eigenvalue weighted by atomic mass is 9.95. The van der Waals surface area contributed by atoms with Crippen LogP contribution in [0.1, 0.15) is 25.8 Å². The second-order valence-electron chi connectivity index (χ2n) is 6.21. The topological polar surface area (TPSA) is 32.7 Å². The Kier molecular flexibility index (Phi) is 6.02. The van der Waals surface area contributed by atoms with Gasteiger partial charge in [-0.3, -0.25) is 0 Å². The molecule has 1 aliphatic heterocycles. The van der Waals surface area contributed by atoms with Gasteiger partial charge in [-0.1, -0.05) is 44.2 Å². The molecule has 2 rings (SSSR count). The van der Waals surface area contributed by atoms with Crippen LogP contribution in [0.5, 0.6) is 0 Å². The van der Waals surface area contributed by atoms with Crippen LogP contribution in [0, 0.1) is 11.8 Å². The summed E-state index contributed by atoms with van der Waals surface area (Å²) < 4.78 is 5.59. The van der Waals surface area contributed by atoms with Gasteiger partial charge in [-0.05, 0) is 30.4 Å². The zero-order valence-corrected chi connectivity index (χ0v) is 12.7. The zero-order valence-electron chi connectivity index (χ0n) is 12.7. The smallest absolute Gasteiger partial charge is 0.0900 e. The van der Waals surface area contributed by atoms with Crippen LogP contribution >= 0.6 is 0 Å². The number of likely N-dealkylation sites (tertiary alicyclic amines) is 1. The number of nitrogens with zero attached hydrogens (tertiary/aromatic N) is 1. The molecule has 0 spiro atoms. The summed E-state index contributed by atoms with van der Waals surface area (Å²) in [6.07, 6.45) is 0.875. The molecule has 0 saturated carbocycles. The molecule has 1 fully saturated rings. The van der Waals surface area contributed by atoms with E-state index in [1.165, 1.54) is 6.42 Å². The molecule has 3 heteroatoms.